The van der Waals surface area contributed by atoms with Crippen molar-refractivity contribution in [2.45, 2.75) is 97.3 Å². The van der Waals surface area contributed by atoms with E-state index in [1.165, 1.54) is 83.5 Å². The molecular formula is C20H35N. The number of nitriles is 1. The van der Waals surface area contributed by atoms with Crippen LogP contribution >= 0.6 is 0 Å². The van der Waals surface area contributed by atoms with Crippen LogP contribution in [0, 0.1) is 34.5 Å². The molecule has 0 N–H and O–H groups in total. The van der Waals surface area contributed by atoms with Gasteiger partial charge in [-0.2, -0.15) is 5.26 Å². The maximum absolute atomic E-state index is 9.77. The lowest BCUT2D eigenvalue weighted by Crippen LogP contribution is -2.36. The molecule has 21 heavy (non-hydrogen) atoms. The second-order valence-corrected chi connectivity index (χ2v) is 7.93. The Balaban J connectivity index is 1.85. The van der Waals surface area contributed by atoms with Crippen molar-refractivity contribution < 1.29 is 0 Å². The van der Waals surface area contributed by atoms with Crippen LogP contribution in [0.15, 0.2) is 0 Å². The largest absolute Gasteiger partial charge is 0.198 e. The van der Waals surface area contributed by atoms with Gasteiger partial charge in [0.1, 0.15) is 0 Å². The number of hydrogen-bond donors (Lipinski definition) is 0. The van der Waals surface area contributed by atoms with Crippen LogP contribution in [0.2, 0.25) is 0 Å². The molecule has 0 bridgehead atoms. The molecule has 2 rings (SSSR count). The van der Waals surface area contributed by atoms with Gasteiger partial charge in [-0.15, -0.1) is 0 Å². The third-order valence-electron chi connectivity index (χ3n) is 6.34. The molecule has 1 unspecified atom stereocenters. The minimum absolute atomic E-state index is 0.0481. The number of fused-ring (bicyclic) bond motifs is 1. The second kappa shape index (κ2) is 8.21. The molecule has 2 aliphatic carbocycles. The Morgan fingerprint density at radius 2 is 1.86 bits per heavy atom. The highest BCUT2D eigenvalue weighted by Crippen LogP contribution is 2.51. The summed E-state index contributed by atoms with van der Waals surface area (Å²) in [5.74, 6) is 2.82. The lowest BCUT2D eigenvalue weighted by atomic mass is 9.58. The third kappa shape index (κ3) is 4.48. The summed E-state index contributed by atoms with van der Waals surface area (Å²) < 4.78 is 0. The van der Waals surface area contributed by atoms with Crippen LogP contribution in [0.25, 0.3) is 0 Å². The Morgan fingerprint density at radius 3 is 2.57 bits per heavy atom. The van der Waals surface area contributed by atoms with E-state index in [1.54, 1.807) is 0 Å². The topological polar surface area (TPSA) is 23.8 Å². The lowest BCUT2D eigenvalue weighted by molar-refractivity contribution is 0.0620. The summed E-state index contributed by atoms with van der Waals surface area (Å²) in [6, 6.07) is 2.76. The molecular weight excluding hydrogens is 254 g/mol. The van der Waals surface area contributed by atoms with Gasteiger partial charge in [0.2, 0.25) is 0 Å². The highest BCUT2D eigenvalue weighted by molar-refractivity contribution is 5.04. The summed E-state index contributed by atoms with van der Waals surface area (Å²) in [5.41, 5.74) is 0.0481. The van der Waals surface area contributed by atoms with Crippen LogP contribution in [-0.2, 0) is 0 Å². The molecule has 0 aliphatic heterocycles. The van der Waals surface area contributed by atoms with E-state index in [-0.39, 0.29) is 5.41 Å². The van der Waals surface area contributed by atoms with Crippen LogP contribution in [0.1, 0.15) is 97.3 Å². The molecule has 0 heterocycles. The molecule has 0 spiro atoms. The van der Waals surface area contributed by atoms with Crippen LogP contribution in [0.5, 0.6) is 0 Å². The standard InChI is InChI=1S/C20H35N/c1-3-5-6-7-12-20(16-21)13-11-18-14-17(8-4-2)9-10-19(18)15-20/h17-19H,3-15H2,1-2H3/t17-,18+,19?,20-/m0/s1. The minimum atomic E-state index is 0.0481. The molecule has 0 saturated heterocycles. The Hall–Kier alpha value is -0.510. The second-order valence-electron chi connectivity index (χ2n) is 7.93. The van der Waals surface area contributed by atoms with Crippen LogP contribution < -0.4 is 0 Å². The number of unbranched alkanes of at least 4 members (excludes halogenated alkanes) is 3. The van der Waals surface area contributed by atoms with E-state index in [9.17, 15) is 5.26 Å². The molecule has 2 saturated carbocycles. The maximum Gasteiger partial charge on any atom is 0.0689 e. The smallest absolute Gasteiger partial charge is 0.0689 e. The molecule has 0 aromatic heterocycles. The summed E-state index contributed by atoms with van der Waals surface area (Å²) in [6.07, 6.45) is 17.3. The summed E-state index contributed by atoms with van der Waals surface area (Å²) in [6.45, 7) is 4.59. The highest BCUT2D eigenvalue weighted by Gasteiger charge is 2.42. The van der Waals surface area contributed by atoms with E-state index in [0.717, 1.165) is 17.8 Å². The van der Waals surface area contributed by atoms with Crippen LogP contribution in [0.3, 0.4) is 0 Å². The molecule has 2 fully saturated rings. The molecule has 0 aromatic rings. The molecule has 0 amide bonds. The van der Waals surface area contributed by atoms with Gasteiger partial charge in [-0.1, -0.05) is 58.8 Å². The van der Waals surface area contributed by atoms with Crippen molar-refractivity contribution in [2.24, 2.45) is 23.2 Å². The van der Waals surface area contributed by atoms with Crippen LogP contribution in [-0.4, -0.2) is 0 Å². The van der Waals surface area contributed by atoms with Crippen molar-refractivity contribution in [3.63, 3.8) is 0 Å². The number of rotatable bonds is 7. The third-order valence-corrected chi connectivity index (χ3v) is 6.34. The summed E-state index contributed by atoms with van der Waals surface area (Å²) >= 11 is 0. The Kier molecular flexibility index (Phi) is 6.59. The average Bonchev–Trinajstić information content (AvgIpc) is 2.52. The van der Waals surface area contributed by atoms with Crippen LogP contribution in [0.4, 0.5) is 0 Å². The first-order chi connectivity index (χ1) is 10.2. The van der Waals surface area contributed by atoms with E-state index in [0.29, 0.717) is 0 Å². The first-order valence-electron chi connectivity index (χ1n) is 9.64. The Bertz CT molecular complexity index is 342. The highest BCUT2D eigenvalue weighted by atomic mass is 14.5. The average molecular weight is 290 g/mol. The van der Waals surface area contributed by atoms with Gasteiger partial charge in [0.05, 0.1) is 11.5 Å². The van der Waals surface area contributed by atoms with Gasteiger partial charge < -0.3 is 0 Å². The van der Waals surface area contributed by atoms with E-state index < -0.39 is 0 Å². The molecule has 2 aliphatic rings. The fourth-order valence-corrected chi connectivity index (χ4v) is 5.06. The predicted molar refractivity (Wildman–Crippen MR) is 89.9 cm³/mol. The molecule has 0 aromatic carbocycles. The monoisotopic (exact) mass is 289 g/mol. The zero-order chi connectivity index (χ0) is 15.1. The van der Waals surface area contributed by atoms with Gasteiger partial charge in [-0.3, -0.25) is 0 Å². The maximum atomic E-state index is 9.77. The zero-order valence-corrected chi connectivity index (χ0v) is 14.4. The summed E-state index contributed by atoms with van der Waals surface area (Å²) in [5, 5.41) is 9.77. The van der Waals surface area contributed by atoms with Crippen molar-refractivity contribution in [3.8, 4) is 6.07 Å². The number of hydrogen-bond acceptors (Lipinski definition) is 1. The zero-order valence-electron chi connectivity index (χ0n) is 14.4. The summed E-state index contributed by atoms with van der Waals surface area (Å²) in [4.78, 5) is 0. The fourth-order valence-electron chi connectivity index (χ4n) is 5.06. The predicted octanol–water partition coefficient (Wildman–Crippen LogP) is 6.48. The van der Waals surface area contributed by atoms with Crippen molar-refractivity contribution in [3.05, 3.63) is 0 Å². The van der Waals surface area contributed by atoms with Gasteiger partial charge in [-0.25, -0.2) is 0 Å². The van der Waals surface area contributed by atoms with Crippen molar-refractivity contribution in [1.82, 2.24) is 0 Å². The first-order valence-corrected chi connectivity index (χ1v) is 9.64. The normalized spacial score (nSPS) is 36.0. The van der Waals surface area contributed by atoms with E-state index >= 15 is 0 Å². The molecule has 1 heteroatoms. The SMILES string of the molecule is CCCCCC[C@]1(C#N)CC[C@@H]2C[C@@H](CCC)CCC2C1. The van der Waals surface area contributed by atoms with E-state index in [4.69, 9.17) is 0 Å². The molecule has 4 atom stereocenters. The quantitative estimate of drug-likeness (QED) is 0.492. The lowest BCUT2D eigenvalue weighted by Gasteiger charge is -2.45. The van der Waals surface area contributed by atoms with Gasteiger partial charge >= 0.3 is 0 Å². The van der Waals surface area contributed by atoms with Crippen molar-refractivity contribution in [2.75, 3.05) is 0 Å². The van der Waals surface area contributed by atoms with Gasteiger partial charge in [0.25, 0.3) is 0 Å². The van der Waals surface area contributed by atoms with E-state index in [2.05, 4.69) is 19.9 Å². The Labute approximate surface area is 132 Å². The molecule has 0 radical (unpaired) electrons. The minimum Gasteiger partial charge on any atom is -0.198 e. The Morgan fingerprint density at radius 1 is 1.00 bits per heavy atom. The first kappa shape index (κ1) is 16.9. The van der Waals surface area contributed by atoms with Gasteiger partial charge in [0.15, 0.2) is 0 Å². The van der Waals surface area contributed by atoms with Gasteiger partial charge in [-0.05, 0) is 56.3 Å². The van der Waals surface area contributed by atoms with Crippen molar-refractivity contribution >= 4 is 0 Å². The summed E-state index contributed by atoms with van der Waals surface area (Å²) in [7, 11) is 0. The number of nitrogens with zero attached hydrogens (tertiary/aromatic N) is 1. The van der Waals surface area contributed by atoms with E-state index in [1.807, 2.05) is 0 Å². The van der Waals surface area contributed by atoms with Crippen molar-refractivity contribution in [1.29, 1.82) is 5.26 Å². The molecule has 120 valence electrons. The fraction of sp³-hybridized carbons (Fsp3) is 0.950. The van der Waals surface area contributed by atoms with Gasteiger partial charge in [0, 0.05) is 0 Å². The molecule has 1 nitrogen and oxygen atoms in total.